The predicted octanol–water partition coefficient (Wildman–Crippen LogP) is 5.77. The van der Waals surface area contributed by atoms with E-state index in [1.54, 1.807) is 6.92 Å². The van der Waals surface area contributed by atoms with Crippen LogP contribution in [0.2, 0.25) is 0 Å². The van der Waals surface area contributed by atoms with E-state index in [9.17, 15) is 4.79 Å². The highest BCUT2D eigenvalue weighted by Gasteiger charge is 2.27. The Labute approximate surface area is 184 Å². The van der Waals surface area contributed by atoms with E-state index in [0.717, 1.165) is 25.0 Å². The Morgan fingerprint density at radius 2 is 1.87 bits per heavy atom. The second-order valence-corrected chi connectivity index (χ2v) is 8.33. The van der Waals surface area contributed by atoms with Crippen LogP contribution < -0.4 is 10.1 Å². The van der Waals surface area contributed by atoms with Gasteiger partial charge in [0.2, 0.25) is 0 Å². The largest absolute Gasteiger partial charge is 0.482 e. The molecule has 4 rings (SSSR count). The number of esters is 1. The second kappa shape index (κ2) is 9.97. The maximum Gasteiger partial charge on any atom is 0.344 e. The van der Waals surface area contributed by atoms with Gasteiger partial charge < -0.3 is 14.8 Å². The quantitative estimate of drug-likeness (QED) is 0.473. The average Bonchev–Trinajstić information content (AvgIpc) is 3.26. The van der Waals surface area contributed by atoms with Crippen LogP contribution in [0.5, 0.6) is 5.75 Å². The number of hydrogen-bond donors (Lipinski definition) is 1. The van der Waals surface area contributed by atoms with Crippen LogP contribution >= 0.6 is 0 Å². The van der Waals surface area contributed by atoms with E-state index in [0.29, 0.717) is 24.6 Å². The summed E-state index contributed by atoms with van der Waals surface area (Å²) < 4.78 is 10.6. The first-order valence-corrected chi connectivity index (χ1v) is 11.3. The topological polar surface area (TPSA) is 47.6 Å². The Balaban J connectivity index is 1.37. The minimum atomic E-state index is -0.333. The van der Waals surface area contributed by atoms with Crippen molar-refractivity contribution in [1.29, 1.82) is 0 Å². The van der Waals surface area contributed by atoms with Crippen molar-refractivity contribution in [3.05, 3.63) is 77.9 Å². The van der Waals surface area contributed by atoms with Gasteiger partial charge in [0.05, 0.1) is 6.61 Å². The summed E-state index contributed by atoms with van der Waals surface area (Å²) in [4.78, 5) is 11.5. The molecule has 0 amide bonds. The summed E-state index contributed by atoms with van der Waals surface area (Å²) in [6.45, 7) is 4.38. The molecule has 3 atom stereocenters. The molecule has 0 radical (unpaired) electrons. The number of carbonyl (C=O) groups excluding carboxylic acids is 1. The standard InChI is InChI=1S/C27H31NO3/c1-3-30-27(29)18-31-24-11-6-10-21(17-24)22-14-15-23(16-22)28-19(2)25-13-7-9-20-8-4-5-12-26(20)25/h4-13,17,19,22-23,28H,3,14-16,18H2,1-2H3/t19?,22-,23-/m0/s1. The molecule has 0 heterocycles. The van der Waals surface area contributed by atoms with Crippen molar-refractivity contribution in [2.24, 2.45) is 0 Å². The van der Waals surface area contributed by atoms with Crippen LogP contribution in [0.4, 0.5) is 0 Å². The lowest BCUT2D eigenvalue weighted by molar-refractivity contribution is -0.145. The summed E-state index contributed by atoms with van der Waals surface area (Å²) in [5.41, 5.74) is 2.64. The molecule has 1 saturated carbocycles. The molecule has 0 aromatic heterocycles. The van der Waals surface area contributed by atoms with Gasteiger partial charge in [-0.3, -0.25) is 0 Å². The van der Waals surface area contributed by atoms with Gasteiger partial charge in [0.1, 0.15) is 5.75 Å². The zero-order chi connectivity index (χ0) is 21.6. The molecule has 1 aliphatic carbocycles. The number of rotatable bonds is 8. The Morgan fingerprint density at radius 1 is 1.06 bits per heavy atom. The lowest BCUT2D eigenvalue weighted by Crippen LogP contribution is -2.29. The van der Waals surface area contributed by atoms with Crippen LogP contribution in [0.15, 0.2) is 66.7 Å². The van der Waals surface area contributed by atoms with Crippen molar-refractivity contribution in [1.82, 2.24) is 5.32 Å². The maximum atomic E-state index is 11.5. The number of fused-ring (bicyclic) bond motifs is 1. The van der Waals surface area contributed by atoms with Crippen LogP contribution in [0.25, 0.3) is 10.8 Å². The van der Waals surface area contributed by atoms with E-state index >= 15 is 0 Å². The molecular formula is C27H31NO3. The van der Waals surface area contributed by atoms with Crippen molar-refractivity contribution in [3.63, 3.8) is 0 Å². The van der Waals surface area contributed by atoms with Crippen LogP contribution in [-0.4, -0.2) is 25.2 Å². The third-order valence-corrected chi connectivity index (χ3v) is 6.20. The summed E-state index contributed by atoms with van der Waals surface area (Å²) in [6.07, 6.45) is 3.42. The Morgan fingerprint density at radius 3 is 2.74 bits per heavy atom. The van der Waals surface area contributed by atoms with Gasteiger partial charge in [-0.2, -0.15) is 0 Å². The van der Waals surface area contributed by atoms with Gasteiger partial charge in [-0.25, -0.2) is 4.79 Å². The number of hydrogen-bond acceptors (Lipinski definition) is 4. The van der Waals surface area contributed by atoms with Crippen molar-refractivity contribution >= 4 is 16.7 Å². The minimum Gasteiger partial charge on any atom is -0.482 e. The fourth-order valence-corrected chi connectivity index (χ4v) is 4.71. The predicted molar refractivity (Wildman–Crippen MR) is 124 cm³/mol. The summed E-state index contributed by atoms with van der Waals surface area (Å²) in [6, 6.07) is 24.1. The van der Waals surface area contributed by atoms with Crippen LogP contribution in [-0.2, 0) is 9.53 Å². The van der Waals surface area contributed by atoms with E-state index in [1.807, 2.05) is 12.1 Å². The highest BCUT2D eigenvalue weighted by molar-refractivity contribution is 5.86. The first-order chi connectivity index (χ1) is 15.1. The van der Waals surface area contributed by atoms with Crippen molar-refractivity contribution in [2.75, 3.05) is 13.2 Å². The van der Waals surface area contributed by atoms with Gasteiger partial charge in [-0.15, -0.1) is 0 Å². The average molecular weight is 418 g/mol. The molecule has 3 aromatic carbocycles. The molecule has 0 bridgehead atoms. The molecular weight excluding hydrogens is 386 g/mol. The molecule has 31 heavy (non-hydrogen) atoms. The van der Waals surface area contributed by atoms with Gasteiger partial charge in [-0.1, -0.05) is 54.6 Å². The zero-order valence-corrected chi connectivity index (χ0v) is 18.3. The minimum absolute atomic E-state index is 0.0469. The summed E-state index contributed by atoms with van der Waals surface area (Å²) in [5, 5.41) is 6.48. The monoisotopic (exact) mass is 417 g/mol. The lowest BCUT2D eigenvalue weighted by atomic mass is 9.96. The molecule has 1 fully saturated rings. The summed E-state index contributed by atoms with van der Waals surface area (Å²) >= 11 is 0. The molecule has 0 saturated heterocycles. The first-order valence-electron chi connectivity index (χ1n) is 11.3. The fourth-order valence-electron chi connectivity index (χ4n) is 4.71. The Kier molecular flexibility index (Phi) is 6.88. The molecule has 1 unspecified atom stereocenters. The zero-order valence-electron chi connectivity index (χ0n) is 18.3. The molecule has 0 aliphatic heterocycles. The van der Waals surface area contributed by atoms with E-state index in [4.69, 9.17) is 9.47 Å². The number of benzene rings is 3. The van der Waals surface area contributed by atoms with Gasteiger partial charge in [0.25, 0.3) is 0 Å². The number of nitrogens with one attached hydrogen (secondary N) is 1. The molecule has 4 heteroatoms. The number of carbonyl (C=O) groups is 1. The van der Waals surface area contributed by atoms with Crippen LogP contribution in [0.3, 0.4) is 0 Å². The molecule has 1 aliphatic rings. The lowest BCUT2D eigenvalue weighted by Gasteiger charge is -2.21. The summed E-state index contributed by atoms with van der Waals surface area (Å²) in [5.74, 6) is 0.898. The normalized spacial score (nSPS) is 19.3. The van der Waals surface area contributed by atoms with Crippen molar-refractivity contribution in [2.45, 2.75) is 51.1 Å². The van der Waals surface area contributed by atoms with Crippen molar-refractivity contribution in [3.8, 4) is 5.75 Å². The fraction of sp³-hybridized carbons (Fsp3) is 0.370. The van der Waals surface area contributed by atoms with Crippen LogP contribution in [0, 0.1) is 0 Å². The van der Waals surface area contributed by atoms with Crippen molar-refractivity contribution < 1.29 is 14.3 Å². The smallest absolute Gasteiger partial charge is 0.344 e. The highest BCUT2D eigenvalue weighted by atomic mass is 16.6. The van der Waals surface area contributed by atoms with Gasteiger partial charge in [0.15, 0.2) is 6.61 Å². The third kappa shape index (κ3) is 5.26. The molecule has 3 aromatic rings. The van der Waals surface area contributed by atoms with Crippen LogP contribution in [0.1, 0.15) is 56.2 Å². The molecule has 1 N–H and O–H groups in total. The first kappa shape index (κ1) is 21.4. The highest BCUT2D eigenvalue weighted by Crippen LogP contribution is 2.37. The molecule has 4 nitrogen and oxygen atoms in total. The SMILES string of the molecule is CCOC(=O)COc1cccc([C@H]2CC[C@H](NC(C)c3cccc4ccccc34)C2)c1. The summed E-state index contributed by atoms with van der Waals surface area (Å²) in [7, 11) is 0. The Bertz CT molecular complexity index is 1030. The second-order valence-electron chi connectivity index (χ2n) is 8.33. The van der Waals surface area contributed by atoms with Gasteiger partial charge in [-0.05, 0) is 73.1 Å². The van der Waals surface area contributed by atoms with Gasteiger partial charge >= 0.3 is 5.97 Å². The maximum absolute atomic E-state index is 11.5. The van der Waals surface area contributed by atoms with E-state index in [1.165, 1.54) is 21.9 Å². The van der Waals surface area contributed by atoms with E-state index in [2.05, 4.69) is 66.8 Å². The molecule has 0 spiro atoms. The van der Waals surface area contributed by atoms with E-state index in [-0.39, 0.29) is 12.6 Å². The molecule has 162 valence electrons. The van der Waals surface area contributed by atoms with E-state index < -0.39 is 0 Å². The third-order valence-electron chi connectivity index (χ3n) is 6.20. The number of ether oxygens (including phenoxy) is 2. The Hall–Kier alpha value is -2.85. The van der Waals surface area contributed by atoms with Gasteiger partial charge in [0, 0.05) is 12.1 Å².